The second-order valence-corrected chi connectivity index (χ2v) is 9.60. The van der Waals surface area contributed by atoms with Crippen molar-refractivity contribution in [2.24, 2.45) is 35.0 Å². The molecular formula is C21H34O4. The van der Waals surface area contributed by atoms with Gasteiger partial charge in [0.15, 0.2) is 6.61 Å². The van der Waals surface area contributed by atoms with Gasteiger partial charge in [-0.2, -0.15) is 0 Å². The lowest BCUT2D eigenvalue weighted by Gasteiger charge is -2.61. The van der Waals surface area contributed by atoms with Crippen LogP contribution in [-0.4, -0.2) is 24.1 Å². The van der Waals surface area contributed by atoms with Crippen LogP contribution in [0.2, 0.25) is 0 Å². The third-order valence-corrected chi connectivity index (χ3v) is 7.36. The lowest BCUT2D eigenvalue weighted by molar-refractivity contribution is -0.228. The molecule has 0 amide bonds. The van der Waals surface area contributed by atoms with Crippen molar-refractivity contribution in [3.8, 4) is 0 Å². The first-order valence-corrected chi connectivity index (χ1v) is 10.1. The largest absolute Gasteiger partial charge is 0.456 e. The summed E-state index contributed by atoms with van der Waals surface area (Å²) in [4.78, 5) is 24.7. The fourth-order valence-corrected chi connectivity index (χ4v) is 5.84. The summed E-state index contributed by atoms with van der Waals surface area (Å²) in [6, 6.07) is 0. The molecule has 4 fully saturated rings. The summed E-state index contributed by atoms with van der Waals surface area (Å²) in [5.74, 6) is 2.23. The van der Waals surface area contributed by atoms with Gasteiger partial charge in [-0.1, -0.05) is 20.8 Å². The molecule has 0 aromatic carbocycles. The van der Waals surface area contributed by atoms with Gasteiger partial charge in [-0.3, -0.25) is 4.79 Å². The molecule has 0 spiro atoms. The van der Waals surface area contributed by atoms with Gasteiger partial charge in [0.05, 0.1) is 5.41 Å². The number of hydrogen-bond acceptors (Lipinski definition) is 4. The van der Waals surface area contributed by atoms with E-state index in [-0.39, 0.29) is 24.1 Å². The maximum atomic E-state index is 12.6. The Morgan fingerprint density at radius 3 is 2.00 bits per heavy atom. The van der Waals surface area contributed by atoms with Crippen LogP contribution in [0.15, 0.2) is 0 Å². The minimum absolute atomic E-state index is 0.261. The Labute approximate surface area is 152 Å². The van der Waals surface area contributed by atoms with Gasteiger partial charge >= 0.3 is 11.9 Å². The van der Waals surface area contributed by atoms with Gasteiger partial charge in [0.25, 0.3) is 0 Å². The van der Waals surface area contributed by atoms with Crippen molar-refractivity contribution in [3.63, 3.8) is 0 Å². The van der Waals surface area contributed by atoms with Crippen molar-refractivity contribution in [1.29, 1.82) is 0 Å². The molecule has 0 atom stereocenters. The van der Waals surface area contributed by atoms with Crippen LogP contribution in [0.25, 0.3) is 0 Å². The van der Waals surface area contributed by atoms with Crippen LogP contribution >= 0.6 is 0 Å². The number of rotatable bonds is 6. The van der Waals surface area contributed by atoms with Crippen LogP contribution in [-0.2, 0) is 19.1 Å². The van der Waals surface area contributed by atoms with E-state index in [1.54, 1.807) is 0 Å². The molecule has 25 heavy (non-hydrogen) atoms. The summed E-state index contributed by atoms with van der Waals surface area (Å²) in [5, 5.41) is 0. The Bertz CT molecular complexity index is 506. The Morgan fingerprint density at radius 2 is 1.56 bits per heavy atom. The van der Waals surface area contributed by atoms with Crippen LogP contribution in [0.1, 0.15) is 73.1 Å². The molecule has 4 rings (SSSR count). The van der Waals surface area contributed by atoms with Gasteiger partial charge in [0.2, 0.25) is 0 Å². The van der Waals surface area contributed by atoms with Crippen molar-refractivity contribution in [3.05, 3.63) is 0 Å². The van der Waals surface area contributed by atoms with Crippen LogP contribution < -0.4 is 0 Å². The van der Waals surface area contributed by atoms with Gasteiger partial charge in [-0.05, 0) is 82.0 Å². The van der Waals surface area contributed by atoms with E-state index in [0.29, 0.717) is 24.2 Å². The normalized spacial score (nSPS) is 36.6. The number of carbonyl (C=O) groups excluding carboxylic acids is 2. The standard InChI is InChI=1S/C21H34O4/c1-6-20(4,5)19(23)24-12-18(22)25-21(13(2)3)16-8-14-7-15(10-16)11-17(21)9-14/h13-17H,6-12H2,1-5H3. The van der Waals surface area contributed by atoms with E-state index in [1.807, 2.05) is 20.8 Å². The zero-order valence-electron chi connectivity index (χ0n) is 16.5. The van der Waals surface area contributed by atoms with Crippen LogP contribution in [0.3, 0.4) is 0 Å². The number of carbonyl (C=O) groups is 2. The zero-order valence-corrected chi connectivity index (χ0v) is 16.5. The summed E-state index contributed by atoms with van der Waals surface area (Å²) in [6.45, 7) is 9.73. The second kappa shape index (κ2) is 6.59. The van der Waals surface area contributed by atoms with Crippen molar-refractivity contribution in [1.82, 2.24) is 0 Å². The molecule has 0 aromatic heterocycles. The molecule has 4 aliphatic carbocycles. The molecule has 0 saturated heterocycles. The molecule has 4 aliphatic rings. The van der Waals surface area contributed by atoms with Crippen molar-refractivity contribution >= 4 is 11.9 Å². The lowest BCUT2D eigenvalue weighted by Crippen LogP contribution is -2.62. The third-order valence-electron chi connectivity index (χ3n) is 7.36. The number of esters is 2. The Morgan fingerprint density at radius 1 is 1.04 bits per heavy atom. The van der Waals surface area contributed by atoms with Gasteiger partial charge in [0.1, 0.15) is 5.60 Å². The van der Waals surface area contributed by atoms with Crippen molar-refractivity contribution < 1.29 is 19.1 Å². The molecular weight excluding hydrogens is 316 g/mol. The summed E-state index contributed by atoms with van der Waals surface area (Å²) in [6.07, 6.45) is 6.84. The number of hydrogen-bond donors (Lipinski definition) is 0. The molecule has 4 nitrogen and oxygen atoms in total. The highest BCUT2D eigenvalue weighted by Crippen LogP contribution is 2.61. The maximum absolute atomic E-state index is 12.6. The van der Waals surface area contributed by atoms with Crippen LogP contribution in [0, 0.1) is 35.0 Å². The predicted octanol–water partition coefficient (Wildman–Crippen LogP) is 4.36. The lowest BCUT2D eigenvalue weighted by atomic mass is 9.47. The van der Waals surface area contributed by atoms with E-state index < -0.39 is 5.41 Å². The maximum Gasteiger partial charge on any atom is 0.344 e. The highest BCUT2D eigenvalue weighted by atomic mass is 16.6. The van der Waals surface area contributed by atoms with E-state index >= 15 is 0 Å². The van der Waals surface area contributed by atoms with E-state index in [1.165, 1.54) is 32.1 Å². The third kappa shape index (κ3) is 3.21. The molecule has 0 heterocycles. The Kier molecular flexibility index (Phi) is 4.93. The topological polar surface area (TPSA) is 52.6 Å². The molecule has 0 aliphatic heterocycles. The van der Waals surface area contributed by atoms with Crippen LogP contribution in [0.5, 0.6) is 0 Å². The van der Waals surface area contributed by atoms with E-state index in [2.05, 4.69) is 13.8 Å². The summed E-state index contributed by atoms with van der Waals surface area (Å²) in [5.41, 5.74) is -0.907. The molecule has 0 radical (unpaired) electrons. The SMILES string of the molecule is CCC(C)(C)C(=O)OCC(=O)OC1(C(C)C)C2CC3CC(C2)CC1C3. The fourth-order valence-electron chi connectivity index (χ4n) is 5.84. The van der Waals surface area contributed by atoms with Crippen molar-refractivity contribution in [2.45, 2.75) is 78.7 Å². The summed E-state index contributed by atoms with van der Waals surface area (Å²) >= 11 is 0. The molecule has 4 heteroatoms. The summed E-state index contributed by atoms with van der Waals surface area (Å²) in [7, 11) is 0. The fraction of sp³-hybridized carbons (Fsp3) is 0.905. The zero-order chi connectivity index (χ0) is 18.4. The smallest absolute Gasteiger partial charge is 0.344 e. The van der Waals surface area contributed by atoms with Crippen LogP contribution in [0.4, 0.5) is 0 Å². The van der Waals surface area contributed by atoms with Gasteiger partial charge in [0, 0.05) is 0 Å². The Balaban J connectivity index is 1.67. The second-order valence-electron chi connectivity index (χ2n) is 9.60. The van der Waals surface area contributed by atoms with E-state index in [9.17, 15) is 9.59 Å². The molecule has 142 valence electrons. The summed E-state index contributed by atoms with van der Waals surface area (Å²) < 4.78 is 11.4. The highest BCUT2D eigenvalue weighted by Gasteiger charge is 2.60. The number of ether oxygens (including phenoxy) is 2. The first-order chi connectivity index (χ1) is 11.7. The predicted molar refractivity (Wildman–Crippen MR) is 95.7 cm³/mol. The molecule has 0 unspecified atom stereocenters. The minimum Gasteiger partial charge on any atom is -0.456 e. The average Bonchev–Trinajstić information content (AvgIpc) is 2.55. The Hall–Kier alpha value is -1.06. The van der Waals surface area contributed by atoms with Crippen molar-refractivity contribution in [2.75, 3.05) is 6.61 Å². The first kappa shape index (κ1) is 18.7. The van der Waals surface area contributed by atoms with Gasteiger partial charge < -0.3 is 9.47 Å². The minimum atomic E-state index is -0.557. The van der Waals surface area contributed by atoms with E-state index in [4.69, 9.17) is 9.47 Å². The molecule has 0 N–H and O–H groups in total. The average molecular weight is 350 g/mol. The van der Waals surface area contributed by atoms with E-state index in [0.717, 1.165) is 11.8 Å². The monoisotopic (exact) mass is 350 g/mol. The highest BCUT2D eigenvalue weighted by molar-refractivity contribution is 5.80. The molecule has 4 saturated carbocycles. The quantitative estimate of drug-likeness (QED) is 0.668. The van der Waals surface area contributed by atoms with Gasteiger partial charge in [-0.15, -0.1) is 0 Å². The first-order valence-electron chi connectivity index (χ1n) is 10.1. The molecule has 0 aromatic rings. The van der Waals surface area contributed by atoms with Gasteiger partial charge in [-0.25, -0.2) is 4.79 Å². The molecule has 4 bridgehead atoms.